The molecular formula is C37H50N6O5. The van der Waals surface area contributed by atoms with Gasteiger partial charge in [0.15, 0.2) is 0 Å². The lowest BCUT2D eigenvalue weighted by molar-refractivity contribution is -0.131. The van der Waals surface area contributed by atoms with Crippen molar-refractivity contribution in [1.29, 1.82) is 0 Å². The van der Waals surface area contributed by atoms with Crippen molar-refractivity contribution in [1.82, 2.24) is 30.9 Å². The van der Waals surface area contributed by atoms with E-state index < -0.39 is 42.0 Å². The van der Waals surface area contributed by atoms with Crippen LogP contribution in [0.3, 0.4) is 0 Å². The van der Waals surface area contributed by atoms with E-state index in [2.05, 4.69) is 51.3 Å². The second-order valence-corrected chi connectivity index (χ2v) is 13.3. The molecule has 6 N–H and O–H groups in total. The molecule has 1 aliphatic rings. The molecule has 1 aliphatic carbocycles. The summed E-state index contributed by atoms with van der Waals surface area (Å²) in [7, 11) is 0. The zero-order chi connectivity index (χ0) is 34.5. The number of aromatic hydroxyl groups is 1. The highest BCUT2D eigenvalue weighted by Gasteiger charge is 2.33. The summed E-state index contributed by atoms with van der Waals surface area (Å²) in [6.07, 6.45) is 12.5. The fraction of sp³-hybridized carbons (Fsp3) is 0.486. The number of nitrogens with one attached hydrogen (secondary N) is 4. The number of carbonyl (C=O) groups excluding carboxylic acids is 3. The Morgan fingerprint density at radius 2 is 1.69 bits per heavy atom. The van der Waals surface area contributed by atoms with Crippen LogP contribution in [-0.2, 0) is 22.4 Å². The van der Waals surface area contributed by atoms with Gasteiger partial charge in [0.2, 0.25) is 11.8 Å². The highest BCUT2D eigenvalue weighted by molar-refractivity contribution is 5.97. The smallest absolute Gasteiger partial charge is 0.270 e. The number of aliphatic hydroxyl groups excluding tert-OH is 1. The first-order valence-corrected chi connectivity index (χ1v) is 17.0. The molecule has 1 aromatic carbocycles. The largest absolute Gasteiger partial charge is 0.508 e. The summed E-state index contributed by atoms with van der Waals surface area (Å²) in [5, 5.41) is 30.0. The standard InChI is InChI=1S/C37H50N6O5/c1-4-27(24(2)3)20-34(45)31(18-25-10-6-5-7-11-25)41-37(48)33(21-28-22-38-23-40-28)43-36(47)32(19-26-13-15-29(44)16-14-26)42-35(46)30-12-8-9-17-39-30/h4,8-9,12-17,22-25,27,31-34,44-45H,1,5-7,10-11,18-21H2,2-3H3,(H,38,40)(H,41,48)(H,42,46)(H,43,47)/t27-,31+,32+,33+,34+/m1/s1. The number of rotatable bonds is 17. The number of amides is 3. The third kappa shape index (κ3) is 11.0. The number of phenolic OH excluding ortho intramolecular Hbond substituents is 1. The number of carbonyl (C=O) groups is 3. The van der Waals surface area contributed by atoms with Crippen molar-refractivity contribution in [3.05, 3.63) is 90.8 Å². The average Bonchev–Trinajstić information content (AvgIpc) is 3.61. The van der Waals surface area contributed by atoms with Gasteiger partial charge in [0.1, 0.15) is 23.5 Å². The van der Waals surface area contributed by atoms with Crippen LogP contribution in [0.2, 0.25) is 0 Å². The Bertz CT molecular complexity index is 1440. The van der Waals surface area contributed by atoms with Gasteiger partial charge in [0.05, 0.1) is 18.5 Å². The number of aromatic amines is 1. The van der Waals surface area contributed by atoms with Gasteiger partial charge in [-0.1, -0.05) is 70.2 Å². The van der Waals surface area contributed by atoms with Crippen molar-refractivity contribution in [2.24, 2.45) is 17.8 Å². The summed E-state index contributed by atoms with van der Waals surface area (Å²) in [5.74, 6) is -0.720. The van der Waals surface area contributed by atoms with Gasteiger partial charge in [-0.15, -0.1) is 6.58 Å². The van der Waals surface area contributed by atoms with Gasteiger partial charge >= 0.3 is 0 Å². The highest BCUT2D eigenvalue weighted by Crippen LogP contribution is 2.30. The molecule has 1 saturated carbocycles. The molecule has 2 aromatic heterocycles. The van der Waals surface area contributed by atoms with E-state index >= 15 is 0 Å². The Hall–Kier alpha value is -4.51. The van der Waals surface area contributed by atoms with Crippen LogP contribution in [0.15, 0.2) is 73.8 Å². The third-order valence-electron chi connectivity index (χ3n) is 9.28. The predicted octanol–water partition coefficient (Wildman–Crippen LogP) is 4.24. The minimum atomic E-state index is -1.07. The van der Waals surface area contributed by atoms with E-state index in [1.807, 2.05) is 6.08 Å². The van der Waals surface area contributed by atoms with E-state index in [0.29, 0.717) is 30.0 Å². The molecule has 3 aromatic rings. The van der Waals surface area contributed by atoms with Gasteiger partial charge < -0.3 is 31.1 Å². The summed E-state index contributed by atoms with van der Waals surface area (Å²) in [4.78, 5) is 52.4. The van der Waals surface area contributed by atoms with Crippen LogP contribution >= 0.6 is 0 Å². The molecule has 11 heteroatoms. The number of hydrogen-bond acceptors (Lipinski definition) is 7. The zero-order valence-corrected chi connectivity index (χ0v) is 28.0. The molecule has 2 heterocycles. The Balaban J connectivity index is 1.56. The van der Waals surface area contributed by atoms with Crippen LogP contribution < -0.4 is 16.0 Å². The van der Waals surface area contributed by atoms with Gasteiger partial charge in [-0.05, 0) is 60.4 Å². The Kier molecular flexibility index (Phi) is 13.7. The quantitative estimate of drug-likeness (QED) is 0.118. The van der Waals surface area contributed by atoms with E-state index in [0.717, 1.165) is 25.7 Å². The Morgan fingerprint density at radius 1 is 0.979 bits per heavy atom. The van der Waals surface area contributed by atoms with Crippen LogP contribution in [0, 0.1) is 17.8 Å². The van der Waals surface area contributed by atoms with E-state index in [1.165, 1.54) is 31.1 Å². The van der Waals surface area contributed by atoms with Gasteiger partial charge in [-0.2, -0.15) is 0 Å². The van der Waals surface area contributed by atoms with Gasteiger partial charge in [-0.25, -0.2) is 4.98 Å². The van der Waals surface area contributed by atoms with Crippen molar-refractivity contribution in [3.63, 3.8) is 0 Å². The molecule has 0 aliphatic heterocycles. The first-order chi connectivity index (χ1) is 23.1. The maximum atomic E-state index is 14.1. The second kappa shape index (κ2) is 18.1. The van der Waals surface area contributed by atoms with Crippen LogP contribution in [0.1, 0.15) is 80.5 Å². The predicted molar refractivity (Wildman–Crippen MR) is 184 cm³/mol. The molecule has 0 saturated heterocycles. The van der Waals surface area contributed by atoms with Crippen LogP contribution in [-0.4, -0.2) is 67.1 Å². The van der Waals surface area contributed by atoms with E-state index in [9.17, 15) is 24.6 Å². The van der Waals surface area contributed by atoms with Crippen LogP contribution in [0.4, 0.5) is 0 Å². The van der Waals surface area contributed by atoms with E-state index in [4.69, 9.17) is 0 Å². The third-order valence-corrected chi connectivity index (χ3v) is 9.28. The summed E-state index contributed by atoms with van der Waals surface area (Å²) in [6.45, 7) is 8.14. The normalized spacial score (nSPS) is 16.7. The number of aliphatic hydroxyl groups is 1. The van der Waals surface area contributed by atoms with Gasteiger partial charge in [0.25, 0.3) is 5.91 Å². The number of nitrogens with zero attached hydrogens (tertiary/aromatic N) is 2. The Labute approximate surface area is 283 Å². The van der Waals surface area contributed by atoms with Crippen LogP contribution in [0.25, 0.3) is 0 Å². The molecule has 1 fully saturated rings. The van der Waals surface area contributed by atoms with Crippen molar-refractivity contribution in [2.75, 3.05) is 0 Å². The number of phenols is 1. The number of allylic oxidation sites excluding steroid dienone is 1. The number of pyridine rings is 1. The summed E-state index contributed by atoms with van der Waals surface area (Å²) in [6, 6.07) is 8.66. The molecule has 0 unspecified atom stereocenters. The SMILES string of the molecule is C=C[C@H](C[C@H](O)[C@H](CC1CCCCC1)NC(=O)[C@H](Cc1cnc[nH]1)NC(=O)[C@H](Cc1ccc(O)cc1)NC(=O)c1ccccn1)C(C)C. The number of H-pyrrole nitrogens is 1. The monoisotopic (exact) mass is 658 g/mol. The highest BCUT2D eigenvalue weighted by atomic mass is 16.3. The summed E-state index contributed by atoms with van der Waals surface area (Å²) < 4.78 is 0. The Morgan fingerprint density at radius 3 is 2.31 bits per heavy atom. The van der Waals surface area contributed by atoms with Crippen molar-refractivity contribution in [2.45, 2.75) is 95.9 Å². The lowest BCUT2D eigenvalue weighted by Crippen LogP contribution is -2.57. The lowest BCUT2D eigenvalue weighted by atomic mass is 9.81. The van der Waals surface area contributed by atoms with Gasteiger partial charge in [-0.3, -0.25) is 19.4 Å². The molecule has 0 bridgehead atoms. The maximum Gasteiger partial charge on any atom is 0.270 e. The first-order valence-electron chi connectivity index (χ1n) is 17.0. The molecule has 11 nitrogen and oxygen atoms in total. The molecule has 258 valence electrons. The minimum Gasteiger partial charge on any atom is -0.508 e. The van der Waals surface area contributed by atoms with Crippen molar-refractivity contribution >= 4 is 17.7 Å². The molecule has 0 spiro atoms. The molecule has 4 rings (SSSR count). The fourth-order valence-corrected chi connectivity index (χ4v) is 6.37. The molecule has 5 atom stereocenters. The van der Waals surface area contributed by atoms with E-state index in [1.54, 1.807) is 36.5 Å². The topological polar surface area (TPSA) is 169 Å². The zero-order valence-electron chi connectivity index (χ0n) is 28.0. The number of imidazole rings is 1. The van der Waals surface area contributed by atoms with Crippen molar-refractivity contribution in [3.8, 4) is 5.75 Å². The number of aromatic nitrogens is 3. The summed E-state index contributed by atoms with van der Waals surface area (Å²) in [5.41, 5.74) is 1.48. The van der Waals surface area contributed by atoms with Crippen LogP contribution in [0.5, 0.6) is 5.75 Å². The molecule has 0 radical (unpaired) electrons. The fourth-order valence-electron chi connectivity index (χ4n) is 6.37. The molecular weight excluding hydrogens is 608 g/mol. The summed E-state index contributed by atoms with van der Waals surface area (Å²) >= 11 is 0. The average molecular weight is 659 g/mol. The first kappa shape index (κ1) is 36.3. The number of benzene rings is 1. The van der Waals surface area contributed by atoms with E-state index in [-0.39, 0.29) is 36.1 Å². The maximum absolute atomic E-state index is 14.1. The second-order valence-electron chi connectivity index (χ2n) is 13.3. The van der Waals surface area contributed by atoms with Crippen molar-refractivity contribution < 1.29 is 24.6 Å². The molecule has 3 amide bonds. The minimum absolute atomic E-state index is 0.0753. The molecule has 48 heavy (non-hydrogen) atoms. The number of hydrogen-bond donors (Lipinski definition) is 6. The van der Waals surface area contributed by atoms with Gasteiger partial charge in [0, 0.05) is 30.9 Å². The lowest BCUT2D eigenvalue weighted by Gasteiger charge is -2.33.